The van der Waals surface area contributed by atoms with Crippen molar-refractivity contribution in [1.29, 1.82) is 0 Å². The third-order valence-electron chi connectivity index (χ3n) is 4.35. The fourth-order valence-electron chi connectivity index (χ4n) is 2.92. The molecule has 0 fully saturated rings. The Morgan fingerprint density at radius 1 is 1.00 bits per heavy atom. The highest BCUT2D eigenvalue weighted by Gasteiger charge is 2.08. The lowest BCUT2D eigenvalue weighted by molar-refractivity contribution is 0.414. The molecule has 3 aromatic rings. The number of hydrogen-bond donors (Lipinski definition) is 2. The molecule has 2 aromatic carbocycles. The Kier molecular flexibility index (Phi) is 6.26. The number of nitrogens with zero attached hydrogens (tertiary/aromatic N) is 2. The molecule has 0 saturated carbocycles. The predicted octanol–water partition coefficient (Wildman–Crippen LogP) is 4.62. The van der Waals surface area contributed by atoms with Crippen molar-refractivity contribution in [2.75, 3.05) is 24.3 Å². The predicted molar refractivity (Wildman–Crippen MR) is 110 cm³/mol. The highest BCUT2D eigenvalue weighted by atomic mass is 16.5. The third kappa shape index (κ3) is 5.45. The van der Waals surface area contributed by atoms with E-state index in [9.17, 15) is 0 Å². The van der Waals surface area contributed by atoms with Gasteiger partial charge in [-0.2, -0.15) is 4.98 Å². The molecule has 0 aliphatic carbocycles. The molecule has 1 heterocycles. The first-order chi connectivity index (χ1) is 13.1. The second-order valence-corrected chi connectivity index (χ2v) is 6.52. The van der Waals surface area contributed by atoms with Gasteiger partial charge in [0, 0.05) is 24.3 Å². The summed E-state index contributed by atoms with van der Waals surface area (Å²) in [5.74, 6) is 2.34. The first-order valence-corrected chi connectivity index (χ1v) is 9.18. The van der Waals surface area contributed by atoms with E-state index < -0.39 is 0 Å². The molecular weight excluding hydrogens is 336 g/mol. The molecule has 1 aromatic heterocycles. The monoisotopic (exact) mass is 362 g/mol. The smallest absolute Gasteiger partial charge is 0.224 e. The normalized spacial score (nSPS) is 11.7. The minimum absolute atomic E-state index is 0.171. The highest BCUT2D eigenvalue weighted by molar-refractivity contribution is 5.44. The zero-order chi connectivity index (χ0) is 19.1. The Balaban J connectivity index is 1.61. The van der Waals surface area contributed by atoms with Crippen molar-refractivity contribution in [3.05, 3.63) is 77.5 Å². The lowest BCUT2D eigenvalue weighted by Gasteiger charge is -2.16. The molecule has 0 radical (unpaired) electrons. The van der Waals surface area contributed by atoms with Crippen LogP contribution in [-0.4, -0.2) is 23.6 Å². The van der Waals surface area contributed by atoms with Gasteiger partial charge in [-0.3, -0.25) is 0 Å². The van der Waals surface area contributed by atoms with Crippen molar-refractivity contribution < 1.29 is 4.74 Å². The van der Waals surface area contributed by atoms with E-state index in [0.29, 0.717) is 5.95 Å². The van der Waals surface area contributed by atoms with Crippen LogP contribution in [0.2, 0.25) is 0 Å². The van der Waals surface area contributed by atoms with E-state index >= 15 is 0 Å². The molecule has 1 unspecified atom stereocenters. The summed E-state index contributed by atoms with van der Waals surface area (Å²) < 4.78 is 5.27. The van der Waals surface area contributed by atoms with Crippen LogP contribution in [-0.2, 0) is 6.42 Å². The van der Waals surface area contributed by atoms with Gasteiger partial charge < -0.3 is 15.4 Å². The highest BCUT2D eigenvalue weighted by Crippen LogP contribution is 2.19. The van der Waals surface area contributed by atoms with Crippen LogP contribution in [0, 0.1) is 6.92 Å². The minimum Gasteiger partial charge on any atom is -0.497 e. The lowest BCUT2D eigenvalue weighted by Crippen LogP contribution is -2.12. The van der Waals surface area contributed by atoms with Crippen LogP contribution in [0.25, 0.3) is 0 Å². The van der Waals surface area contributed by atoms with Gasteiger partial charge in [-0.05, 0) is 43.5 Å². The van der Waals surface area contributed by atoms with E-state index in [4.69, 9.17) is 4.74 Å². The summed E-state index contributed by atoms with van der Waals surface area (Å²) in [7, 11) is 1.68. The number of methoxy groups -OCH3 is 1. The summed E-state index contributed by atoms with van der Waals surface area (Å²) in [6, 6.07) is 20.6. The quantitative estimate of drug-likeness (QED) is 0.612. The third-order valence-corrected chi connectivity index (χ3v) is 4.35. The average Bonchev–Trinajstić information content (AvgIpc) is 2.68. The summed E-state index contributed by atoms with van der Waals surface area (Å²) in [6.07, 6.45) is 0.873. The van der Waals surface area contributed by atoms with E-state index in [1.807, 2.05) is 49.4 Å². The van der Waals surface area contributed by atoms with Crippen LogP contribution in [0.15, 0.2) is 60.7 Å². The molecule has 140 valence electrons. The molecule has 2 N–H and O–H groups in total. The Bertz CT molecular complexity index is 867. The second-order valence-electron chi connectivity index (χ2n) is 6.52. The molecule has 0 saturated heterocycles. The molecule has 27 heavy (non-hydrogen) atoms. The molecular formula is C22H26N4O. The average molecular weight is 362 g/mol. The van der Waals surface area contributed by atoms with Crippen LogP contribution in [0.4, 0.5) is 11.8 Å². The summed E-state index contributed by atoms with van der Waals surface area (Å²) in [4.78, 5) is 9.10. The van der Waals surface area contributed by atoms with Gasteiger partial charge in [-0.1, -0.05) is 42.5 Å². The van der Waals surface area contributed by atoms with E-state index in [-0.39, 0.29) is 6.04 Å². The van der Waals surface area contributed by atoms with Gasteiger partial charge in [-0.25, -0.2) is 4.98 Å². The van der Waals surface area contributed by atoms with Crippen LogP contribution < -0.4 is 15.4 Å². The first-order valence-electron chi connectivity index (χ1n) is 9.18. The van der Waals surface area contributed by atoms with Crippen molar-refractivity contribution >= 4 is 11.8 Å². The molecule has 0 amide bonds. The number of rotatable bonds is 8. The summed E-state index contributed by atoms with van der Waals surface area (Å²) in [6.45, 7) is 4.86. The molecule has 5 heteroatoms. The van der Waals surface area contributed by atoms with Crippen LogP contribution in [0.1, 0.15) is 29.8 Å². The lowest BCUT2D eigenvalue weighted by atomic mass is 10.1. The van der Waals surface area contributed by atoms with Gasteiger partial charge in [-0.15, -0.1) is 0 Å². The molecule has 5 nitrogen and oxygen atoms in total. The Morgan fingerprint density at radius 2 is 1.81 bits per heavy atom. The number of aromatic nitrogens is 2. The van der Waals surface area contributed by atoms with Gasteiger partial charge in [0.05, 0.1) is 7.11 Å². The number of anilines is 2. The van der Waals surface area contributed by atoms with Crippen molar-refractivity contribution in [2.24, 2.45) is 0 Å². The molecule has 0 aliphatic heterocycles. The topological polar surface area (TPSA) is 59.1 Å². The SMILES string of the molecule is COc1cccc(CCNc2nc(C)cc(NC(C)c3ccccc3)n2)c1. The fourth-order valence-corrected chi connectivity index (χ4v) is 2.92. The van der Waals surface area contributed by atoms with Gasteiger partial charge in [0.2, 0.25) is 5.95 Å². The fraction of sp³-hybridized carbons (Fsp3) is 0.273. The molecule has 0 bridgehead atoms. The molecule has 0 spiro atoms. The van der Waals surface area contributed by atoms with Crippen LogP contribution >= 0.6 is 0 Å². The number of hydrogen-bond acceptors (Lipinski definition) is 5. The standard InChI is InChI=1S/C22H26N4O/c1-16-14-21(25-17(2)19-9-5-4-6-10-19)26-22(24-16)23-13-12-18-8-7-11-20(15-18)27-3/h4-11,14-15,17H,12-13H2,1-3H3,(H2,23,24,25,26). The number of nitrogens with one attached hydrogen (secondary N) is 2. The summed E-state index contributed by atoms with van der Waals surface area (Å²) in [5.41, 5.74) is 3.36. The number of aryl methyl sites for hydroxylation is 1. The Morgan fingerprint density at radius 3 is 2.59 bits per heavy atom. The number of benzene rings is 2. The van der Waals surface area contributed by atoms with Crippen molar-refractivity contribution in [1.82, 2.24) is 9.97 Å². The molecule has 0 aliphatic rings. The maximum absolute atomic E-state index is 5.27. The zero-order valence-corrected chi connectivity index (χ0v) is 16.1. The maximum Gasteiger partial charge on any atom is 0.224 e. The Labute approximate surface area is 160 Å². The van der Waals surface area contributed by atoms with Crippen LogP contribution in [0.3, 0.4) is 0 Å². The van der Waals surface area contributed by atoms with Crippen LogP contribution in [0.5, 0.6) is 5.75 Å². The molecule has 3 rings (SSSR count). The Hall–Kier alpha value is -3.08. The van der Waals surface area contributed by atoms with Gasteiger partial charge in [0.1, 0.15) is 11.6 Å². The van der Waals surface area contributed by atoms with Crippen molar-refractivity contribution in [3.63, 3.8) is 0 Å². The minimum atomic E-state index is 0.171. The largest absolute Gasteiger partial charge is 0.497 e. The van der Waals surface area contributed by atoms with Gasteiger partial charge in [0.25, 0.3) is 0 Å². The van der Waals surface area contributed by atoms with E-state index in [0.717, 1.165) is 30.2 Å². The summed E-state index contributed by atoms with van der Waals surface area (Å²) >= 11 is 0. The van der Waals surface area contributed by atoms with E-state index in [2.05, 4.69) is 45.7 Å². The first kappa shape index (κ1) is 18.7. The van der Waals surface area contributed by atoms with E-state index in [1.165, 1.54) is 11.1 Å². The maximum atomic E-state index is 5.27. The molecule has 1 atom stereocenters. The van der Waals surface area contributed by atoms with Crippen molar-refractivity contribution in [2.45, 2.75) is 26.3 Å². The summed E-state index contributed by atoms with van der Waals surface area (Å²) in [5, 5.41) is 6.78. The van der Waals surface area contributed by atoms with Gasteiger partial charge >= 0.3 is 0 Å². The zero-order valence-electron chi connectivity index (χ0n) is 16.1. The van der Waals surface area contributed by atoms with Crippen molar-refractivity contribution in [3.8, 4) is 5.75 Å². The van der Waals surface area contributed by atoms with E-state index in [1.54, 1.807) is 7.11 Å². The number of ether oxygens (including phenoxy) is 1. The van der Waals surface area contributed by atoms with Gasteiger partial charge in [0.15, 0.2) is 0 Å². The second kappa shape index (κ2) is 9.03.